The van der Waals surface area contributed by atoms with Crippen molar-refractivity contribution in [3.05, 3.63) is 23.9 Å². The number of sulfonamides is 1. The number of hydrogen-bond acceptors (Lipinski definition) is 5. The van der Waals surface area contributed by atoms with E-state index in [0.29, 0.717) is 31.0 Å². The maximum absolute atomic E-state index is 11.7. The molecule has 1 fully saturated rings. The average molecular weight is 270 g/mol. The number of ether oxygens (including phenoxy) is 1. The van der Waals surface area contributed by atoms with E-state index < -0.39 is 16.0 Å². The van der Waals surface area contributed by atoms with Crippen LogP contribution in [0.5, 0.6) is 0 Å². The molecule has 0 N–H and O–H groups in total. The van der Waals surface area contributed by atoms with Crippen LogP contribution < -0.4 is 4.31 Å². The van der Waals surface area contributed by atoms with Gasteiger partial charge in [0.05, 0.1) is 17.9 Å². The fourth-order valence-corrected chi connectivity index (χ4v) is 3.28. The quantitative estimate of drug-likeness (QED) is 0.759. The van der Waals surface area contributed by atoms with Gasteiger partial charge in [0, 0.05) is 12.7 Å². The van der Waals surface area contributed by atoms with E-state index in [0.717, 1.165) is 0 Å². The third-order valence-corrected chi connectivity index (χ3v) is 4.46. The Balaban J connectivity index is 2.20. The maximum Gasteiger partial charge on any atom is 0.339 e. The zero-order valence-corrected chi connectivity index (χ0v) is 10.8. The van der Waals surface area contributed by atoms with Gasteiger partial charge in [-0.05, 0) is 25.5 Å². The van der Waals surface area contributed by atoms with Crippen molar-refractivity contribution in [2.75, 3.05) is 23.2 Å². The van der Waals surface area contributed by atoms with Gasteiger partial charge >= 0.3 is 5.97 Å². The first kappa shape index (κ1) is 12.8. The van der Waals surface area contributed by atoms with Crippen LogP contribution in [-0.2, 0) is 14.8 Å². The number of nitrogens with zero attached hydrogens (tertiary/aromatic N) is 2. The molecule has 0 unspecified atom stereocenters. The Hall–Kier alpha value is -1.63. The Morgan fingerprint density at radius 3 is 2.78 bits per heavy atom. The minimum atomic E-state index is -3.23. The summed E-state index contributed by atoms with van der Waals surface area (Å²) in [6.45, 7) is 2.45. The van der Waals surface area contributed by atoms with Crippen LogP contribution in [0.15, 0.2) is 18.3 Å². The number of esters is 1. The van der Waals surface area contributed by atoms with E-state index in [1.165, 1.54) is 22.6 Å². The number of aromatic nitrogens is 1. The molecule has 0 amide bonds. The summed E-state index contributed by atoms with van der Waals surface area (Å²) in [5, 5.41) is 0. The van der Waals surface area contributed by atoms with E-state index in [1.54, 1.807) is 6.92 Å². The molecule has 0 atom stereocenters. The van der Waals surface area contributed by atoms with E-state index in [2.05, 4.69) is 4.98 Å². The molecule has 18 heavy (non-hydrogen) atoms. The number of hydrogen-bond donors (Lipinski definition) is 0. The Morgan fingerprint density at radius 2 is 2.28 bits per heavy atom. The van der Waals surface area contributed by atoms with Gasteiger partial charge < -0.3 is 4.74 Å². The molecular formula is C11H14N2O4S. The van der Waals surface area contributed by atoms with Crippen molar-refractivity contribution < 1.29 is 17.9 Å². The zero-order valence-electron chi connectivity index (χ0n) is 10.00. The van der Waals surface area contributed by atoms with Crippen LogP contribution in [0.2, 0.25) is 0 Å². The largest absolute Gasteiger partial charge is 0.462 e. The van der Waals surface area contributed by atoms with Gasteiger partial charge in [0.15, 0.2) is 0 Å². The second kappa shape index (κ2) is 4.93. The van der Waals surface area contributed by atoms with Crippen LogP contribution in [0.3, 0.4) is 0 Å². The smallest absolute Gasteiger partial charge is 0.339 e. The lowest BCUT2D eigenvalue weighted by molar-refractivity contribution is 0.0526. The third kappa shape index (κ3) is 2.45. The predicted molar refractivity (Wildman–Crippen MR) is 65.9 cm³/mol. The highest BCUT2D eigenvalue weighted by atomic mass is 32.2. The van der Waals surface area contributed by atoms with Crippen molar-refractivity contribution in [1.29, 1.82) is 0 Å². The summed E-state index contributed by atoms with van der Waals surface area (Å²) in [7, 11) is -3.23. The van der Waals surface area contributed by atoms with Gasteiger partial charge in [-0.25, -0.2) is 18.2 Å². The fourth-order valence-electron chi connectivity index (χ4n) is 1.77. The number of pyridine rings is 1. The van der Waals surface area contributed by atoms with Crippen molar-refractivity contribution in [2.24, 2.45) is 0 Å². The van der Waals surface area contributed by atoms with Crippen LogP contribution in [-0.4, -0.2) is 38.3 Å². The zero-order chi connectivity index (χ0) is 13.2. The molecule has 1 aliphatic heterocycles. The molecule has 98 valence electrons. The summed E-state index contributed by atoms with van der Waals surface area (Å²) in [6, 6.07) is 3.04. The molecule has 1 aliphatic rings. The minimum Gasteiger partial charge on any atom is -0.462 e. The molecular weight excluding hydrogens is 256 g/mol. The second-order valence-corrected chi connectivity index (χ2v) is 5.88. The van der Waals surface area contributed by atoms with Gasteiger partial charge in [-0.2, -0.15) is 0 Å². The van der Waals surface area contributed by atoms with E-state index in [-0.39, 0.29) is 5.75 Å². The first-order valence-corrected chi connectivity index (χ1v) is 7.29. The summed E-state index contributed by atoms with van der Waals surface area (Å²) in [6.07, 6.45) is 1.94. The molecule has 1 aromatic heterocycles. The monoisotopic (exact) mass is 270 g/mol. The first-order valence-electron chi connectivity index (χ1n) is 5.68. The Morgan fingerprint density at radius 1 is 1.50 bits per heavy atom. The number of anilines is 1. The normalized spacial score (nSPS) is 17.7. The lowest BCUT2D eigenvalue weighted by atomic mass is 10.3. The SMILES string of the molecule is CCOC(=O)c1ccc(N2CCCS2(=O)=O)nc1. The summed E-state index contributed by atoms with van der Waals surface area (Å²) in [4.78, 5) is 15.4. The molecule has 1 aromatic rings. The topological polar surface area (TPSA) is 76.6 Å². The van der Waals surface area contributed by atoms with Crippen LogP contribution in [0.4, 0.5) is 5.82 Å². The molecule has 2 rings (SSSR count). The van der Waals surface area contributed by atoms with Crippen molar-refractivity contribution in [2.45, 2.75) is 13.3 Å². The van der Waals surface area contributed by atoms with E-state index >= 15 is 0 Å². The first-order chi connectivity index (χ1) is 8.54. The molecule has 1 saturated heterocycles. The molecule has 2 heterocycles. The van der Waals surface area contributed by atoms with Crippen LogP contribution in [0.1, 0.15) is 23.7 Å². The van der Waals surface area contributed by atoms with Crippen LogP contribution in [0.25, 0.3) is 0 Å². The Bertz CT molecular complexity index is 539. The summed E-state index contributed by atoms with van der Waals surface area (Å²) in [5.74, 6) is 0.0373. The minimum absolute atomic E-state index is 0.147. The van der Waals surface area contributed by atoms with E-state index in [9.17, 15) is 13.2 Å². The molecule has 0 aromatic carbocycles. The summed E-state index contributed by atoms with van der Waals surface area (Å²) >= 11 is 0. The van der Waals surface area contributed by atoms with Gasteiger partial charge in [0.2, 0.25) is 10.0 Å². The standard InChI is InChI=1S/C11H14N2O4S/c1-2-17-11(14)9-4-5-10(12-8-9)13-6-3-7-18(13,15)16/h4-5,8H,2-3,6-7H2,1H3. The van der Waals surface area contributed by atoms with E-state index in [1.807, 2.05) is 0 Å². The van der Waals surface area contributed by atoms with Gasteiger partial charge in [-0.15, -0.1) is 0 Å². The van der Waals surface area contributed by atoms with E-state index in [4.69, 9.17) is 4.74 Å². The summed E-state index contributed by atoms with van der Waals surface area (Å²) < 4.78 is 29.4. The predicted octanol–water partition coefficient (Wildman–Crippen LogP) is 0.798. The molecule has 0 radical (unpaired) electrons. The molecule has 6 nitrogen and oxygen atoms in total. The molecule has 0 spiro atoms. The van der Waals surface area contributed by atoms with Crippen LogP contribution in [0, 0.1) is 0 Å². The molecule has 0 saturated carbocycles. The van der Waals surface area contributed by atoms with Gasteiger partial charge in [-0.3, -0.25) is 4.31 Å². The van der Waals surface area contributed by atoms with Crippen molar-refractivity contribution in [3.63, 3.8) is 0 Å². The lowest BCUT2D eigenvalue weighted by Crippen LogP contribution is -2.26. The summed E-state index contributed by atoms with van der Waals surface area (Å²) in [5.41, 5.74) is 0.317. The number of carbonyl (C=O) groups excluding carboxylic acids is 1. The number of rotatable bonds is 3. The molecule has 0 bridgehead atoms. The third-order valence-electron chi connectivity index (χ3n) is 2.61. The van der Waals surface area contributed by atoms with Crippen molar-refractivity contribution in [1.82, 2.24) is 4.98 Å². The highest BCUT2D eigenvalue weighted by molar-refractivity contribution is 7.93. The molecule has 0 aliphatic carbocycles. The van der Waals surface area contributed by atoms with Gasteiger partial charge in [0.25, 0.3) is 0 Å². The number of carbonyl (C=O) groups is 1. The average Bonchev–Trinajstić information content (AvgIpc) is 2.69. The Labute approximate surface area is 106 Å². The second-order valence-electron chi connectivity index (χ2n) is 3.87. The lowest BCUT2D eigenvalue weighted by Gasteiger charge is -2.15. The highest BCUT2D eigenvalue weighted by Gasteiger charge is 2.29. The Kier molecular flexibility index (Phi) is 3.51. The fraction of sp³-hybridized carbons (Fsp3) is 0.455. The van der Waals surface area contributed by atoms with Crippen molar-refractivity contribution >= 4 is 21.8 Å². The molecule has 7 heteroatoms. The van der Waals surface area contributed by atoms with Gasteiger partial charge in [0.1, 0.15) is 5.82 Å². The van der Waals surface area contributed by atoms with Crippen LogP contribution >= 0.6 is 0 Å². The maximum atomic E-state index is 11.7. The van der Waals surface area contributed by atoms with Gasteiger partial charge in [-0.1, -0.05) is 0 Å². The van der Waals surface area contributed by atoms with Crippen molar-refractivity contribution in [3.8, 4) is 0 Å². The highest BCUT2D eigenvalue weighted by Crippen LogP contribution is 2.21.